The van der Waals surface area contributed by atoms with E-state index >= 15 is 0 Å². The van der Waals surface area contributed by atoms with E-state index < -0.39 is 0 Å². The van der Waals surface area contributed by atoms with Crippen LogP contribution in [-0.4, -0.2) is 52.4 Å². The van der Waals surface area contributed by atoms with Crippen LogP contribution in [0.25, 0.3) is 0 Å². The van der Waals surface area contributed by atoms with Crippen LogP contribution in [0.5, 0.6) is 0 Å². The average Bonchev–Trinajstić information content (AvgIpc) is 3.27. The molecule has 0 bridgehead atoms. The molecule has 0 aliphatic carbocycles. The number of aromatic amines is 1. The van der Waals surface area contributed by atoms with Gasteiger partial charge in [0.2, 0.25) is 5.91 Å². The molecule has 0 fully saturated rings. The highest BCUT2D eigenvalue weighted by Gasteiger charge is 2.20. The molecule has 0 atom stereocenters. The number of nitrogens with zero attached hydrogens (tertiary/aromatic N) is 3. The molecule has 2 N–H and O–H groups in total. The Morgan fingerprint density at radius 2 is 1.88 bits per heavy atom. The van der Waals surface area contributed by atoms with E-state index in [1.54, 1.807) is 19.4 Å². The van der Waals surface area contributed by atoms with Crippen molar-refractivity contribution >= 4 is 17.5 Å². The molecule has 174 valence electrons. The molecule has 2 aromatic rings. The molecule has 1 aliphatic rings. The fourth-order valence-electron chi connectivity index (χ4n) is 4.25. The summed E-state index contributed by atoms with van der Waals surface area (Å²) in [6, 6.07) is 6.15. The lowest BCUT2D eigenvalue weighted by Crippen LogP contribution is -2.35. The first-order chi connectivity index (χ1) is 15.5. The van der Waals surface area contributed by atoms with E-state index in [0.29, 0.717) is 24.6 Å². The van der Waals surface area contributed by atoms with Crippen molar-refractivity contribution < 1.29 is 9.59 Å². The second-order valence-electron chi connectivity index (χ2n) is 8.93. The molecule has 7 nitrogen and oxygen atoms in total. The maximum absolute atomic E-state index is 12.8. The van der Waals surface area contributed by atoms with Gasteiger partial charge in [-0.3, -0.25) is 14.5 Å². The van der Waals surface area contributed by atoms with Gasteiger partial charge in [0.15, 0.2) is 0 Å². The van der Waals surface area contributed by atoms with Crippen LogP contribution in [0.2, 0.25) is 0 Å². The van der Waals surface area contributed by atoms with Crippen LogP contribution in [0.4, 0.5) is 5.69 Å². The predicted molar refractivity (Wildman–Crippen MR) is 128 cm³/mol. The number of carbonyl (C=O) groups is 2. The molecule has 1 aromatic carbocycles. The number of rotatable bonds is 5. The van der Waals surface area contributed by atoms with Crippen LogP contribution in [0, 0.1) is 0 Å². The predicted octanol–water partition coefficient (Wildman–Crippen LogP) is 3.91. The fourth-order valence-corrected chi connectivity index (χ4v) is 4.25. The Morgan fingerprint density at radius 3 is 2.56 bits per heavy atom. The van der Waals surface area contributed by atoms with Crippen molar-refractivity contribution in [2.24, 2.45) is 0 Å². The zero-order valence-corrected chi connectivity index (χ0v) is 19.7. The van der Waals surface area contributed by atoms with E-state index in [4.69, 9.17) is 0 Å². The Bertz CT molecular complexity index is 878. The van der Waals surface area contributed by atoms with Crippen molar-refractivity contribution in [3.05, 3.63) is 47.5 Å². The highest BCUT2D eigenvalue weighted by atomic mass is 16.2. The number of aromatic nitrogens is 2. The minimum atomic E-state index is -0.0936. The zero-order chi connectivity index (χ0) is 22.9. The Balaban J connectivity index is 1.83. The van der Waals surface area contributed by atoms with Gasteiger partial charge in [0.25, 0.3) is 5.91 Å². The second kappa shape index (κ2) is 11.8. The van der Waals surface area contributed by atoms with Crippen LogP contribution in [0.15, 0.2) is 30.7 Å². The topological polar surface area (TPSA) is 81.3 Å². The summed E-state index contributed by atoms with van der Waals surface area (Å²) >= 11 is 0. The van der Waals surface area contributed by atoms with Gasteiger partial charge in [-0.1, -0.05) is 19.3 Å². The van der Waals surface area contributed by atoms with Gasteiger partial charge in [-0.15, -0.1) is 0 Å². The van der Waals surface area contributed by atoms with E-state index in [-0.39, 0.29) is 11.8 Å². The molecule has 1 aromatic heterocycles. The molecule has 1 aliphatic heterocycles. The summed E-state index contributed by atoms with van der Waals surface area (Å²) in [5, 5.41) is 3.00. The summed E-state index contributed by atoms with van der Waals surface area (Å²) in [4.78, 5) is 36.7. The molecule has 2 amide bonds. The quantitative estimate of drug-likeness (QED) is 0.740. The number of hydrogen-bond acceptors (Lipinski definition) is 4. The second-order valence-corrected chi connectivity index (χ2v) is 8.93. The van der Waals surface area contributed by atoms with E-state index in [9.17, 15) is 9.59 Å². The van der Waals surface area contributed by atoms with Crippen molar-refractivity contribution in [2.75, 3.05) is 24.5 Å². The smallest absolute Gasteiger partial charge is 0.251 e. The Kier molecular flexibility index (Phi) is 8.85. The number of imidazole rings is 1. The van der Waals surface area contributed by atoms with E-state index in [1.807, 2.05) is 23.1 Å². The number of hydrogen-bond donors (Lipinski definition) is 2. The summed E-state index contributed by atoms with van der Waals surface area (Å²) in [6.07, 6.45) is 9.86. The van der Waals surface area contributed by atoms with Gasteiger partial charge < -0.3 is 15.2 Å². The van der Waals surface area contributed by atoms with E-state index in [2.05, 4.69) is 34.0 Å². The largest absolute Gasteiger partial charge is 0.352 e. The highest BCUT2D eigenvalue weighted by Crippen LogP contribution is 2.26. The van der Waals surface area contributed by atoms with Crippen LogP contribution in [0.3, 0.4) is 0 Å². The lowest BCUT2D eigenvalue weighted by Gasteiger charge is -2.31. The van der Waals surface area contributed by atoms with Gasteiger partial charge in [0.1, 0.15) is 0 Å². The summed E-state index contributed by atoms with van der Waals surface area (Å²) in [5.41, 5.74) is 3.59. The third-order valence-corrected chi connectivity index (χ3v) is 6.18. The molecule has 0 saturated heterocycles. The van der Waals surface area contributed by atoms with E-state index in [0.717, 1.165) is 49.4 Å². The number of benzene rings is 1. The SMILES string of the molecule is CC(=O)N1CCCCCCCN(C(C)C)Cc2cc(C(=O)NCCc3cnc[nH]3)ccc21. The van der Waals surface area contributed by atoms with Crippen molar-refractivity contribution in [3.63, 3.8) is 0 Å². The molecular formula is C25H37N5O2. The molecule has 32 heavy (non-hydrogen) atoms. The first-order valence-corrected chi connectivity index (χ1v) is 11.9. The molecule has 0 saturated carbocycles. The van der Waals surface area contributed by atoms with Crippen molar-refractivity contribution in [1.29, 1.82) is 0 Å². The van der Waals surface area contributed by atoms with Crippen molar-refractivity contribution in [3.8, 4) is 0 Å². The van der Waals surface area contributed by atoms with Crippen LogP contribution >= 0.6 is 0 Å². The Morgan fingerprint density at radius 1 is 1.12 bits per heavy atom. The van der Waals surface area contributed by atoms with Gasteiger partial charge in [-0.05, 0) is 57.0 Å². The lowest BCUT2D eigenvalue weighted by molar-refractivity contribution is -0.116. The van der Waals surface area contributed by atoms with Gasteiger partial charge >= 0.3 is 0 Å². The third-order valence-electron chi connectivity index (χ3n) is 6.18. The average molecular weight is 440 g/mol. The molecule has 0 radical (unpaired) electrons. The molecule has 2 heterocycles. The minimum Gasteiger partial charge on any atom is -0.352 e. The van der Waals surface area contributed by atoms with Crippen molar-refractivity contribution in [1.82, 2.24) is 20.2 Å². The standard InChI is InChI=1S/C25H37N5O2/c1-19(2)29-13-7-5-4-6-8-14-30(20(3)31)24-10-9-21(15-22(24)17-29)25(32)27-12-11-23-16-26-18-28-23/h9-10,15-16,18-19H,4-8,11-14,17H2,1-3H3,(H,26,28)(H,27,32). The van der Waals surface area contributed by atoms with Gasteiger partial charge in [0, 0.05) is 62.2 Å². The minimum absolute atomic E-state index is 0.0520. The zero-order valence-electron chi connectivity index (χ0n) is 19.7. The fraction of sp³-hybridized carbons (Fsp3) is 0.560. The molecule has 0 unspecified atom stereocenters. The summed E-state index contributed by atoms with van der Waals surface area (Å²) in [5.74, 6) is -0.0416. The number of H-pyrrole nitrogens is 1. The Hall–Kier alpha value is -2.67. The van der Waals surface area contributed by atoms with Crippen molar-refractivity contribution in [2.45, 2.75) is 71.9 Å². The molecule has 3 rings (SSSR count). The number of fused-ring (bicyclic) bond motifs is 1. The Labute approximate surface area is 191 Å². The van der Waals surface area contributed by atoms with Gasteiger partial charge in [-0.25, -0.2) is 4.98 Å². The number of carbonyl (C=O) groups excluding carboxylic acids is 2. The third kappa shape index (κ3) is 6.66. The molecular weight excluding hydrogens is 402 g/mol. The summed E-state index contributed by atoms with van der Waals surface area (Å²) < 4.78 is 0. The maximum atomic E-state index is 12.8. The van der Waals surface area contributed by atoms with E-state index in [1.165, 1.54) is 19.3 Å². The highest BCUT2D eigenvalue weighted by molar-refractivity contribution is 5.97. The first-order valence-electron chi connectivity index (χ1n) is 11.9. The first kappa shape index (κ1) is 24.0. The van der Waals surface area contributed by atoms with Gasteiger partial charge in [-0.2, -0.15) is 0 Å². The molecule has 7 heteroatoms. The van der Waals surface area contributed by atoms with Crippen LogP contribution in [0.1, 0.15) is 74.5 Å². The van der Waals surface area contributed by atoms with Gasteiger partial charge in [0.05, 0.1) is 6.33 Å². The maximum Gasteiger partial charge on any atom is 0.251 e. The molecule has 0 spiro atoms. The monoisotopic (exact) mass is 439 g/mol. The summed E-state index contributed by atoms with van der Waals surface area (Å²) in [6.45, 7) is 9.06. The number of amides is 2. The van der Waals surface area contributed by atoms with Crippen LogP contribution < -0.4 is 10.2 Å². The van der Waals surface area contributed by atoms with Crippen LogP contribution in [-0.2, 0) is 17.8 Å². The number of nitrogens with one attached hydrogen (secondary N) is 2. The summed E-state index contributed by atoms with van der Waals surface area (Å²) in [7, 11) is 0. The lowest BCUT2D eigenvalue weighted by atomic mass is 10.0. The number of anilines is 1. The normalized spacial score (nSPS) is 16.2.